The molecule has 1 fully saturated rings. The summed E-state index contributed by atoms with van der Waals surface area (Å²) in [7, 11) is 0. The minimum absolute atomic E-state index is 0.157. The minimum Gasteiger partial charge on any atom is -0.303 e. The molecule has 0 atom stereocenters. The molecule has 0 radical (unpaired) electrons. The molecule has 1 aliphatic carbocycles. The number of anilines is 1. The lowest BCUT2D eigenvalue weighted by atomic mass is 9.95. The summed E-state index contributed by atoms with van der Waals surface area (Å²) in [6.45, 7) is 1.96. The van der Waals surface area contributed by atoms with Crippen molar-refractivity contribution in [2.24, 2.45) is 0 Å². The van der Waals surface area contributed by atoms with Gasteiger partial charge in [-0.1, -0.05) is 42.4 Å². The molecule has 2 aromatic heterocycles. The second-order valence-electron chi connectivity index (χ2n) is 6.66. The standard InChI is InChI=1S/C18H20FN5OS2/c1-11-22-23-18(24(11)13-5-3-2-4-6-13)26-10-16(25)21-17-20-14-8-7-12(19)9-15(14)27-17/h7-9,13H,2-6,10H2,1H3,(H,20,21,25). The first-order valence-electron chi connectivity index (χ1n) is 9.00. The number of nitrogens with zero attached hydrogens (tertiary/aromatic N) is 4. The Morgan fingerprint density at radius 1 is 1.33 bits per heavy atom. The third-order valence-corrected chi connectivity index (χ3v) is 6.58. The van der Waals surface area contributed by atoms with Crippen molar-refractivity contribution >= 4 is 44.4 Å². The molecule has 1 aliphatic rings. The molecule has 4 rings (SSSR count). The largest absolute Gasteiger partial charge is 0.303 e. The van der Waals surface area contributed by atoms with E-state index in [1.807, 2.05) is 6.92 Å². The third kappa shape index (κ3) is 4.14. The van der Waals surface area contributed by atoms with Crippen molar-refractivity contribution in [1.29, 1.82) is 0 Å². The van der Waals surface area contributed by atoms with Crippen molar-refractivity contribution in [3.8, 4) is 0 Å². The van der Waals surface area contributed by atoms with Gasteiger partial charge in [-0.3, -0.25) is 4.79 Å². The molecule has 0 aliphatic heterocycles. The van der Waals surface area contributed by atoms with Gasteiger partial charge in [0, 0.05) is 6.04 Å². The molecule has 1 N–H and O–H groups in total. The maximum absolute atomic E-state index is 13.3. The zero-order valence-corrected chi connectivity index (χ0v) is 16.6. The first-order chi connectivity index (χ1) is 13.1. The molecular weight excluding hydrogens is 385 g/mol. The molecule has 1 saturated carbocycles. The monoisotopic (exact) mass is 405 g/mol. The lowest BCUT2D eigenvalue weighted by Crippen LogP contribution is -2.17. The van der Waals surface area contributed by atoms with E-state index in [0.29, 0.717) is 21.4 Å². The van der Waals surface area contributed by atoms with Crippen LogP contribution < -0.4 is 5.32 Å². The predicted octanol–water partition coefficient (Wildman–Crippen LogP) is 4.57. The highest BCUT2D eigenvalue weighted by atomic mass is 32.2. The van der Waals surface area contributed by atoms with Crippen LogP contribution in [0.15, 0.2) is 23.4 Å². The van der Waals surface area contributed by atoms with Crippen LogP contribution in [0.2, 0.25) is 0 Å². The number of carbonyl (C=O) groups is 1. The number of fused-ring (bicyclic) bond motifs is 1. The highest BCUT2D eigenvalue weighted by Gasteiger charge is 2.22. The molecule has 2 heterocycles. The van der Waals surface area contributed by atoms with E-state index in [0.717, 1.165) is 23.8 Å². The Hall–Kier alpha value is -2.00. The number of hydrogen-bond donors (Lipinski definition) is 1. The summed E-state index contributed by atoms with van der Waals surface area (Å²) in [5.41, 5.74) is 0.678. The van der Waals surface area contributed by atoms with E-state index >= 15 is 0 Å². The smallest absolute Gasteiger partial charge is 0.236 e. The van der Waals surface area contributed by atoms with Gasteiger partial charge in [-0.15, -0.1) is 10.2 Å². The van der Waals surface area contributed by atoms with Crippen LogP contribution in [0.1, 0.15) is 44.0 Å². The number of aryl methyl sites for hydroxylation is 1. The highest BCUT2D eigenvalue weighted by Crippen LogP contribution is 2.32. The van der Waals surface area contributed by atoms with Crippen molar-refractivity contribution in [2.45, 2.75) is 50.2 Å². The first-order valence-corrected chi connectivity index (χ1v) is 10.8. The fourth-order valence-corrected chi connectivity index (χ4v) is 5.20. The van der Waals surface area contributed by atoms with E-state index in [9.17, 15) is 9.18 Å². The van der Waals surface area contributed by atoms with E-state index in [4.69, 9.17) is 0 Å². The summed E-state index contributed by atoms with van der Waals surface area (Å²) < 4.78 is 16.2. The summed E-state index contributed by atoms with van der Waals surface area (Å²) in [6.07, 6.45) is 6.02. The van der Waals surface area contributed by atoms with Crippen LogP contribution in [-0.4, -0.2) is 31.4 Å². The van der Waals surface area contributed by atoms with Crippen molar-refractivity contribution in [2.75, 3.05) is 11.1 Å². The van der Waals surface area contributed by atoms with Crippen LogP contribution in [0.4, 0.5) is 9.52 Å². The van der Waals surface area contributed by atoms with Gasteiger partial charge < -0.3 is 9.88 Å². The van der Waals surface area contributed by atoms with Gasteiger partial charge in [-0.05, 0) is 38.0 Å². The predicted molar refractivity (Wildman–Crippen MR) is 106 cm³/mol. The number of amides is 1. The van der Waals surface area contributed by atoms with Crippen molar-refractivity contribution in [3.05, 3.63) is 29.8 Å². The van der Waals surface area contributed by atoms with E-state index in [1.165, 1.54) is 54.5 Å². The van der Waals surface area contributed by atoms with Crippen LogP contribution in [0.3, 0.4) is 0 Å². The Labute approximate surface area is 164 Å². The van der Waals surface area contributed by atoms with Crippen molar-refractivity contribution in [1.82, 2.24) is 19.7 Å². The fourth-order valence-electron chi connectivity index (χ4n) is 3.45. The normalized spacial score (nSPS) is 15.3. The van der Waals surface area contributed by atoms with Gasteiger partial charge in [0.2, 0.25) is 5.91 Å². The topological polar surface area (TPSA) is 72.7 Å². The van der Waals surface area contributed by atoms with Gasteiger partial charge in [0.25, 0.3) is 0 Å². The van der Waals surface area contributed by atoms with Gasteiger partial charge in [0.1, 0.15) is 11.6 Å². The van der Waals surface area contributed by atoms with Crippen LogP contribution in [0.25, 0.3) is 10.2 Å². The molecule has 0 bridgehead atoms. The average molecular weight is 406 g/mol. The van der Waals surface area contributed by atoms with Gasteiger partial charge in [-0.25, -0.2) is 9.37 Å². The lowest BCUT2D eigenvalue weighted by molar-refractivity contribution is -0.113. The number of benzene rings is 1. The Morgan fingerprint density at radius 2 is 2.15 bits per heavy atom. The molecule has 142 valence electrons. The van der Waals surface area contributed by atoms with Crippen LogP contribution in [0, 0.1) is 12.7 Å². The van der Waals surface area contributed by atoms with Gasteiger partial charge >= 0.3 is 0 Å². The molecule has 0 saturated heterocycles. The molecule has 1 amide bonds. The lowest BCUT2D eigenvalue weighted by Gasteiger charge is -2.24. The Balaban J connectivity index is 1.40. The zero-order valence-electron chi connectivity index (χ0n) is 14.9. The molecule has 0 spiro atoms. The average Bonchev–Trinajstić information content (AvgIpc) is 3.22. The summed E-state index contributed by atoms with van der Waals surface area (Å²) in [5, 5.41) is 12.5. The molecule has 27 heavy (non-hydrogen) atoms. The fraction of sp³-hybridized carbons (Fsp3) is 0.444. The van der Waals surface area contributed by atoms with Gasteiger partial charge in [0.05, 0.1) is 16.0 Å². The summed E-state index contributed by atoms with van der Waals surface area (Å²) in [6, 6.07) is 4.83. The molecule has 9 heteroatoms. The second-order valence-corrected chi connectivity index (χ2v) is 8.63. The first kappa shape index (κ1) is 18.4. The Bertz CT molecular complexity index is 964. The number of nitrogens with one attached hydrogen (secondary N) is 1. The maximum atomic E-state index is 13.3. The summed E-state index contributed by atoms with van der Waals surface area (Å²) in [5.74, 6) is 0.667. The van der Waals surface area contributed by atoms with Crippen LogP contribution in [0.5, 0.6) is 0 Å². The van der Waals surface area contributed by atoms with Gasteiger partial charge in [0.15, 0.2) is 10.3 Å². The quantitative estimate of drug-likeness (QED) is 0.630. The molecule has 1 aromatic carbocycles. The minimum atomic E-state index is -0.308. The van der Waals surface area contributed by atoms with E-state index < -0.39 is 0 Å². The number of halogens is 1. The second kappa shape index (κ2) is 7.93. The summed E-state index contributed by atoms with van der Waals surface area (Å²) >= 11 is 2.66. The number of carbonyl (C=O) groups excluding carboxylic acids is 1. The SMILES string of the molecule is Cc1nnc(SCC(=O)Nc2nc3ccc(F)cc3s2)n1C1CCCCC1. The zero-order chi connectivity index (χ0) is 18.8. The summed E-state index contributed by atoms with van der Waals surface area (Å²) in [4.78, 5) is 16.6. The van der Waals surface area contributed by atoms with E-state index in [1.54, 1.807) is 6.07 Å². The molecule has 3 aromatic rings. The Kier molecular flexibility index (Phi) is 5.40. The number of rotatable bonds is 5. The van der Waals surface area contributed by atoms with Crippen molar-refractivity contribution < 1.29 is 9.18 Å². The Morgan fingerprint density at radius 3 is 2.96 bits per heavy atom. The van der Waals surface area contributed by atoms with E-state index in [-0.39, 0.29) is 17.5 Å². The molecule has 6 nitrogen and oxygen atoms in total. The van der Waals surface area contributed by atoms with Crippen molar-refractivity contribution in [3.63, 3.8) is 0 Å². The van der Waals surface area contributed by atoms with Crippen LogP contribution >= 0.6 is 23.1 Å². The maximum Gasteiger partial charge on any atom is 0.236 e. The molecular formula is C18H20FN5OS2. The van der Waals surface area contributed by atoms with Crippen LogP contribution in [-0.2, 0) is 4.79 Å². The molecule has 0 unspecified atom stereocenters. The third-order valence-electron chi connectivity index (χ3n) is 4.70. The number of hydrogen-bond acceptors (Lipinski definition) is 6. The number of thioether (sulfide) groups is 1. The number of thiazole rings is 1. The van der Waals surface area contributed by atoms with Gasteiger partial charge in [-0.2, -0.15) is 0 Å². The van der Waals surface area contributed by atoms with E-state index in [2.05, 4.69) is 25.1 Å². The highest BCUT2D eigenvalue weighted by molar-refractivity contribution is 7.99. The number of aromatic nitrogens is 4.